The molecule has 0 saturated carbocycles. The third-order valence-electron chi connectivity index (χ3n) is 11.2. The molecule has 0 heterocycles. The van der Waals surface area contributed by atoms with Crippen LogP contribution in [0.1, 0.15) is 0 Å². The number of phenols is 8. The van der Waals surface area contributed by atoms with Crippen LogP contribution in [-0.4, -0.2) is 40.9 Å². The van der Waals surface area contributed by atoms with Gasteiger partial charge in [-0.15, -0.1) is 0 Å². The lowest BCUT2D eigenvalue weighted by molar-refractivity contribution is 0.372. The number of aromatic hydroxyl groups is 8. The first-order chi connectivity index (χ1) is 30.6. The van der Waals surface area contributed by atoms with Crippen molar-refractivity contribution in [1.82, 2.24) is 0 Å². The van der Waals surface area contributed by atoms with Crippen LogP contribution in [0.2, 0.25) is 0 Å². The number of hydrogen-bond acceptors (Lipinski definition) is 9. The zero-order chi connectivity index (χ0) is 43.8. The third kappa shape index (κ3) is 6.99. The Balaban J connectivity index is 1.17. The van der Waals surface area contributed by atoms with Crippen LogP contribution in [0.5, 0.6) is 46.0 Å². The minimum absolute atomic E-state index is 0.0633. The highest BCUT2D eigenvalue weighted by Gasteiger charge is 2.35. The molecule has 0 aromatic heterocycles. The highest BCUT2D eigenvalue weighted by Crippen LogP contribution is 2.63. The summed E-state index contributed by atoms with van der Waals surface area (Å²) in [6.45, 7) is 0. The van der Waals surface area contributed by atoms with Crippen molar-refractivity contribution >= 4 is 17.1 Å². The third-order valence-corrected chi connectivity index (χ3v) is 11.2. The molecule has 9 heteroatoms. The number of hydrogen-bond donors (Lipinski definition) is 8. The molecule has 0 aliphatic heterocycles. The van der Waals surface area contributed by atoms with Crippen molar-refractivity contribution in [3.63, 3.8) is 0 Å². The topological polar surface area (TPSA) is 165 Å². The van der Waals surface area contributed by atoms with Crippen LogP contribution in [0, 0.1) is 0 Å². The van der Waals surface area contributed by atoms with Gasteiger partial charge in [-0.1, -0.05) is 176 Å². The second-order valence-corrected chi connectivity index (χ2v) is 14.9. The van der Waals surface area contributed by atoms with Gasteiger partial charge in [-0.2, -0.15) is 0 Å². The second kappa shape index (κ2) is 16.3. The largest absolute Gasteiger partial charge is 0.504 e. The smallest absolute Gasteiger partial charge is 0.186 e. The van der Waals surface area contributed by atoms with Gasteiger partial charge in [-0.25, -0.2) is 0 Å². The van der Waals surface area contributed by atoms with Gasteiger partial charge >= 0.3 is 0 Å². The first-order valence-corrected chi connectivity index (χ1v) is 20.0. The Morgan fingerprint density at radius 1 is 0.222 bits per heavy atom. The van der Waals surface area contributed by atoms with Crippen LogP contribution in [-0.2, 0) is 0 Å². The van der Waals surface area contributed by atoms with Crippen LogP contribution in [0.15, 0.2) is 188 Å². The van der Waals surface area contributed by atoms with Crippen LogP contribution in [0.3, 0.4) is 0 Å². The van der Waals surface area contributed by atoms with Crippen molar-refractivity contribution in [2.24, 2.45) is 0 Å². The molecule has 9 nitrogen and oxygen atoms in total. The molecule has 0 radical (unpaired) electrons. The van der Waals surface area contributed by atoms with E-state index in [1.54, 1.807) is 84.9 Å². The van der Waals surface area contributed by atoms with Gasteiger partial charge in [0.1, 0.15) is 11.4 Å². The van der Waals surface area contributed by atoms with Crippen molar-refractivity contribution < 1.29 is 40.9 Å². The summed E-state index contributed by atoms with van der Waals surface area (Å²) in [5.74, 6) is -7.09. The Morgan fingerprint density at radius 2 is 0.508 bits per heavy atom. The number of nitrogens with zero attached hydrogens (tertiary/aromatic N) is 1. The number of phenolic OH excluding ortho intramolecular Hbond substituents is 8. The quantitative estimate of drug-likeness (QED) is 0.0522. The van der Waals surface area contributed by atoms with Gasteiger partial charge in [0.2, 0.25) is 0 Å². The van der Waals surface area contributed by atoms with Gasteiger partial charge in [0.25, 0.3) is 0 Å². The molecular weight excluding hydrogens is 791 g/mol. The maximum Gasteiger partial charge on any atom is 0.186 e. The average Bonchev–Trinajstić information content (AvgIpc) is 3.33. The summed E-state index contributed by atoms with van der Waals surface area (Å²) < 4.78 is 0. The van der Waals surface area contributed by atoms with Gasteiger partial charge in [0.05, 0.1) is 11.1 Å². The van der Waals surface area contributed by atoms with Crippen molar-refractivity contribution in [3.8, 4) is 113 Å². The van der Waals surface area contributed by atoms with Crippen molar-refractivity contribution in [2.45, 2.75) is 0 Å². The van der Waals surface area contributed by atoms with E-state index in [1.807, 2.05) is 48.5 Å². The number of rotatable bonds is 9. The maximum atomic E-state index is 11.7. The van der Waals surface area contributed by atoms with Gasteiger partial charge in [0, 0.05) is 5.69 Å². The monoisotopic (exact) mass is 829 g/mol. The molecule has 63 heavy (non-hydrogen) atoms. The summed E-state index contributed by atoms with van der Waals surface area (Å²) in [6, 6.07) is 57.5. The molecule has 9 aromatic carbocycles. The molecule has 0 fully saturated rings. The van der Waals surface area contributed by atoms with E-state index in [9.17, 15) is 40.9 Å². The Bertz CT molecular complexity index is 2880. The summed E-state index contributed by atoms with van der Waals surface area (Å²) in [5.41, 5.74) is 6.62. The highest BCUT2D eigenvalue weighted by atomic mass is 16.3. The predicted octanol–water partition coefficient (Wildman–Crippen LogP) is 12.8. The minimum atomic E-state index is -0.945. The first-order valence-electron chi connectivity index (χ1n) is 20.0. The molecule has 0 unspecified atom stereocenters. The summed E-state index contributed by atoms with van der Waals surface area (Å²) in [5, 5.41) is 92.3. The van der Waals surface area contributed by atoms with E-state index in [1.165, 1.54) is 0 Å². The molecule has 0 atom stereocenters. The first kappa shape index (κ1) is 39.6. The summed E-state index contributed by atoms with van der Waals surface area (Å²) >= 11 is 0. The lowest BCUT2D eigenvalue weighted by Gasteiger charge is -2.30. The molecule has 9 rings (SSSR count). The molecular formula is C54H39NO8. The summed E-state index contributed by atoms with van der Waals surface area (Å²) in [7, 11) is 0. The summed E-state index contributed by atoms with van der Waals surface area (Å²) in [6.07, 6.45) is 0. The van der Waals surface area contributed by atoms with Gasteiger partial charge in [0.15, 0.2) is 46.0 Å². The number of anilines is 3. The van der Waals surface area contributed by atoms with E-state index in [-0.39, 0.29) is 27.9 Å². The van der Waals surface area contributed by atoms with Gasteiger partial charge in [-0.05, 0) is 67.8 Å². The maximum absolute atomic E-state index is 11.7. The summed E-state index contributed by atoms with van der Waals surface area (Å²) in [4.78, 5) is 0.927. The molecule has 0 bridgehead atoms. The van der Waals surface area contributed by atoms with Gasteiger partial charge in [-0.3, -0.25) is 4.90 Å². The van der Waals surface area contributed by atoms with E-state index in [2.05, 4.69) is 54.6 Å². The van der Waals surface area contributed by atoms with Crippen LogP contribution in [0.25, 0.3) is 66.8 Å². The van der Waals surface area contributed by atoms with Crippen molar-refractivity contribution in [1.29, 1.82) is 0 Å². The van der Waals surface area contributed by atoms with Crippen LogP contribution < -0.4 is 4.90 Å². The van der Waals surface area contributed by atoms with E-state index in [0.717, 1.165) is 49.4 Å². The Labute approximate surface area is 362 Å². The molecule has 0 amide bonds. The zero-order valence-electron chi connectivity index (χ0n) is 33.4. The van der Waals surface area contributed by atoms with Crippen LogP contribution in [0.4, 0.5) is 17.1 Å². The van der Waals surface area contributed by atoms with Crippen molar-refractivity contribution in [3.05, 3.63) is 188 Å². The molecule has 308 valence electrons. The van der Waals surface area contributed by atoms with E-state index in [0.29, 0.717) is 0 Å². The minimum Gasteiger partial charge on any atom is -0.504 e. The molecule has 8 N–H and O–H groups in total. The van der Waals surface area contributed by atoms with E-state index >= 15 is 0 Å². The van der Waals surface area contributed by atoms with E-state index in [4.69, 9.17) is 0 Å². The van der Waals surface area contributed by atoms with Crippen molar-refractivity contribution in [2.75, 3.05) is 4.90 Å². The lowest BCUT2D eigenvalue weighted by Crippen LogP contribution is -2.12. The number of benzene rings is 9. The fraction of sp³-hybridized carbons (Fsp3) is 0. The standard InChI is InChI=1S/C54H39NO8/c56-47-43(36-18-9-3-10-19-36)48(57)52(61)45(51(47)60)55(46-53(62)49(58)44(50(59)54(46)63)37-20-11-4-12-21-37)39-30-28-33(29-31-39)32-24-26-38(27-25-32)42-40(34-14-5-1-6-15-34)22-13-23-41(42)35-16-7-2-8-17-35/h1-31,56-63H. The SMILES string of the molecule is Oc1c(O)c(N(c2ccc(-c3ccc(-c4c(-c5ccccc5)cccc4-c4ccccc4)cc3)cc2)c2c(O)c(O)c(-c3ccccc3)c(O)c2O)c(O)c(O)c1-c1ccccc1. The molecule has 0 aliphatic carbocycles. The second-order valence-electron chi connectivity index (χ2n) is 14.9. The fourth-order valence-corrected chi connectivity index (χ4v) is 8.13. The zero-order valence-corrected chi connectivity index (χ0v) is 33.4. The predicted molar refractivity (Wildman–Crippen MR) is 247 cm³/mol. The lowest BCUT2D eigenvalue weighted by atomic mass is 9.87. The Hall–Kier alpha value is -8.82. The Morgan fingerprint density at radius 3 is 0.857 bits per heavy atom. The highest BCUT2D eigenvalue weighted by molar-refractivity contribution is 6.00. The van der Waals surface area contributed by atoms with Gasteiger partial charge < -0.3 is 40.9 Å². The van der Waals surface area contributed by atoms with E-state index < -0.39 is 57.4 Å². The molecule has 0 spiro atoms. The molecule has 0 saturated heterocycles. The normalized spacial score (nSPS) is 11.0. The fourth-order valence-electron chi connectivity index (χ4n) is 8.13. The average molecular weight is 830 g/mol. The van der Waals surface area contributed by atoms with Crippen LogP contribution >= 0.6 is 0 Å². The molecule has 9 aromatic rings. The Kier molecular flexibility index (Phi) is 10.3. The molecule has 0 aliphatic rings.